The van der Waals surface area contributed by atoms with Crippen LogP contribution < -0.4 is 10.6 Å². The minimum Gasteiger partial charge on any atom is -0.396 e. The maximum Gasteiger partial charge on any atom is 0.222 e. The molecule has 1 aromatic rings. The lowest BCUT2D eigenvalue weighted by atomic mass is 9.96. The molecule has 0 spiro atoms. The van der Waals surface area contributed by atoms with Gasteiger partial charge in [-0.25, -0.2) is 18.4 Å². The first-order chi connectivity index (χ1) is 10.5. The Hall–Kier alpha value is -1.25. The highest BCUT2D eigenvalue weighted by atomic mass is 32.2. The van der Waals surface area contributed by atoms with Crippen LogP contribution in [0.4, 0.5) is 5.95 Å². The Morgan fingerprint density at radius 1 is 1.45 bits per heavy atom. The molecule has 0 aromatic carbocycles. The van der Waals surface area contributed by atoms with Gasteiger partial charge in [-0.3, -0.25) is 0 Å². The van der Waals surface area contributed by atoms with Crippen molar-refractivity contribution in [3.63, 3.8) is 0 Å². The van der Waals surface area contributed by atoms with E-state index in [1.807, 2.05) is 0 Å². The second kappa shape index (κ2) is 7.85. The summed E-state index contributed by atoms with van der Waals surface area (Å²) in [6, 6.07) is 0. The van der Waals surface area contributed by atoms with Crippen molar-refractivity contribution in [2.75, 3.05) is 37.8 Å². The topological polar surface area (TPSA) is 104 Å². The number of piperidine rings is 1. The van der Waals surface area contributed by atoms with Crippen molar-refractivity contribution in [2.45, 2.75) is 36.5 Å². The molecule has 22 heavy (non-hydrogen) atoms. The summed E-state index contributed by atoms with van der Waals surface area (Å²) in [5.74, 6) is 0.547. The Morgan fingerprint density at radius 2 is 2.27 bits per heavy atom. The summed E-state index contributed by atoms with van der Waals surface area (Å²) in [7, 11) is -3.34. The number of nitrogens with zero attached hydrogens (tertiary/aromatic N) is 2. The molecule has 7 nitrogen and oxygen atoms in total. The Morgan fingerprint density at radius 3 is 2.91 bits per heavy atom. The van der Waals surface area contributed by atoms with Crippen LogP contribution in [0.15, 0.2) is 11.1 Å². The van der Waals surface area contributed by atoms with Crippen molar-refractivity contribution in [1.82, 2.24) is 15.3 Å². The fraction of sp³-hybridized carbons (Fsp3) is 0.714. The predicted octanol–water partition coefficient (Wildman–Crippen LogP) is 0.531. The van der Waals surface area contributed by atoms with Crippen molar-refractivity contribution in [1.29, 1.82) is 0 Å². The normalized spacial score (nSPS) is 19.1. The fourth-order valence-electron chi connectivity index (χ4n) is 2.57. The third-order valence-corrected chi connectivity index (χ3v) is 4.85. The van der Waals surface area contributed by atoms with E-state index in [-0.39, 0.29) is 17.4 Å². The number of aliphatic hydroxyl groups excluding tert-OH is 1. The van der Waals surface area contributed by atoms with Crippen molar-refractivity contribution < 1.29 is 13.5 Å². The summed E-state index contributed by atoms with van der Waals surface area (Å²) < 4.78 is 23.9. The van der Waals surface area contributed by atoms with Gasteiger partial charge in [0.05, 0.1) is 11.9 Å². The molecule has 0 bridgehead atoms. The summed E-state index contributed by atoms with van der Waals surface area (Å²) in [4.78, 5) is 8.79. The monoisotopic (exact) mass is 328 g/mol. The number of anilines is 1. The van der Waals surface area contributed by atoms with Crippen LogP contribution in [-0.4, -0.2) is 56.0 Å². The zero-order chi connectivity index (χ0) is 16.0. The summed E-state index contributed by atoms with van der Waals surface area (Å²) in [5, 5.41) is 15.1. The van der Waals surface area contributed by atoms with Gasteiger partial charge in [0.1, 0.15) is 4.90 Å². The molecule has 1 aliphatic rings. The quantitative estimate of drug-likeness (QED) is 0.627. The highest BCUT2D eigenvalue weighted by Gasteiger charge is 2.25. The second-order valence-electron chi connectivity index (χ2n) is 5.62. The van der Waals surface area contributed by atoms with Crippen LogP contribution in [0.1, 0.15) is 37.3 Å². The number of aromatic nitrogens is 2. The van der Waals surface area contributed by atoms with Gasteiger partial charge in [-0.05, 0) is 32.2 Å². The Bertz CT molecular complexity index is 586. The Labute approximate surface area is 131 Å². The number of unbranched alkanes of at least 4 members (excludes halogenated alkanes) is 1. The standard InChI is InChI=1S/C14H24N4O3S/c1-22(20,21)12-10-17-14(16-7-2-3-8-19)18-13(12)11-5-4-6-15-9-11/h10-11,15,19H,2-9H2,1H3,(H,16,17,18). The molecule has 2 rings (SSSR count). The maximum absolute atomic E-state index is 12.0. The SMILES string of the molecule is CS(=O)(=O)c1cnc(NCCCCO)nc1C1CCCNC1. The average molecular weight is 328 g/mol. The molecule has 0 aliphatic carbocycles. The molecular formula is C14H24N4O3S. The van der Waals surface area contributed by atoms with Gasteiger partial charge in [-0.1, -0.05) is 0 Å². The van der Waals surface area contributed by atoms with Crippen LogP contribution in [0.2, 0.25) is 0 Å². The fourth-order valence-corrected chi connectivity index (χ4v) is 3.41. The van der Waals surface area contributed by atoms with Crippen LogP contribution >= 0.6 is 0 Å². The van der Waals surface area contributed by atoms with E-state index < -0.39 is 9.84 Å². The molecule has 1 atom stereocenters. The average Bonchev–Trinajstić information content (AvgIpc) is 2.51. The summed E-state index contributed by atoms with van der Waals surface area (Å²) in [5.41, 5.74) is 0.606. The van der Waals surface area contributed by atoms with E-state index in [9.17, 15) is 8.42 Å². The van der Waals surface area contributed by atoms with Crippen LogP contribution in [0.5, 0.6) is 0 Å². The van der Waals surface area contributed by atoms with Crippen molar-refractivity contribution in [3.05, 3.63) is 11.9 Å². The first-order valence-electron chi connectivity index (χ1n) is 7.65. The first-order valence-corrected chi connectivity index (χ1v) is 9.54. The van der Waals surface area contributed by atoms with Gasteiger partial charge in [0.25, 0.3) is 0 Å². The lowest BCUT2D eigenvalue weighted by Crippen LogP contribution is -2.30. The summed E-state index contributed by atoms with van der Waals surface area (Å²) in [6.07, 6.45) is 6.07. The Kier molecular flexibility index (Phi) is 6.10. The number of hydrogen-bond donors (Lipinski definition) is 3. The van der Waals surface area contributed by atoms with Crippen LogP contribution in [0, 0.1) is 0 Å². The molecule has 0 amide bonds. The van der Waals surface area contributed by atoms with E-state index in [0.717, 1.165) is 32.4 Å². The van der Waals surface area contributed by atoms with Gasteiger partial charge < -0.3 is 15.7 Å². The zero-order valence-corrected chi connectivity index (χ0v) is 13.7. The number of aliphatic hydroxyl groups is 1. The van der Waals surface area contributed by atoms with Crippen molar-refractivity contribution in [2.24, 2.45) is 0 Å². The van der Waals surface area contributed by atoms with E-state index >= 15 is 0 Å². The highest BCUT2D eigenvalue weighted by Crippen LogP contribution is 2.27. The molecule has 1 saturated heterocycles. The van der Waals surface area contributed by atoms with Crippen LogP contribution in [0.25, 0.3) is 0 Å². The van der Waals surface area contributed by atoms with Gasteiger partial charge in [-0.15, -0.1) is 0 Å². The Balaban J connectivity index is 2.21. The van der Waals surface area contributed by atoms with E-state index in [0.29, 0.717) is 24.6 Å². The largest absolute Gasteiger partial charge is 0.396 e. The lowest BCUT2D eigenvalue weighted by Gasteiger charge is -2.24. The molecule has 124 valence electrons. The number of rotatable bonds is 7. The van der Waals surface area contributed by atoms with Gasteiger partial charge in [0.2, 0.25) is 5.95 Å². The molecule has 0 saturated carbocycles. The summed E-state index contributed by atoms with van der Waals surface area (Å²) >= 11 is 0. The van der Waals surface area contributed by atoms with E-state index in [4.69, 9.17) is 5.11 Å². The molecule has 8 heteroatoms. The summed E-state index contributed by atoms with van der Waals surface area (Å²) in [6.45, 7) is 2.52. The zero-order valence-electron chi connectivity index (χ0n) is 12.9. The number of hydrogen-bond acceptors (Lipinski definition) is 7. The molecule has 0 radical (unpaired) electrons. The number of nitrogens with one attached hydrogen (secondary N) is 2. The van der Waals surface area contributed by atoms with Crippen molar-refractivity contribution in [3.8, 4) is 0 Å². The highest BCUT2D eigenvalue weighted by molar-refractivity contribution is 7.90. The predicted molar refractivity (Wildman–Crippen MR) is 84.8 cm³/mol. The maximum atomic E-state index is 12.0. The first kappa shape index (κ1) is 17.1. The number of sulfone groups is 1. The third-order valence-electron chi connectivity index (χ3n) is 3.73. The minimum absolute atomic E-state index is 0.0967. The smallest absolute Gasteiger partial charge is 0.222 e. The van der Waals surface area contributed by atoms with Gasteiger partial charge in [0.15, 0.2) is 9.84 Å². The van der Waals surface area contributed by atoms with Crippen LogP contribution in [0.3, 0.4) is 0 Å². The van der Waals surface area contributed by atoms with E-state index in [1.54, 1.807) is 0 Å². The van der Waals surface area contributed by atoms with E-state index in [1.165, 1.54) is 12.5 Å². The molecule has 1 aliphatic heterocycles. The molecule has 1 fully saturated rings. The van der Waals surface area contributed by atoms with Gasteiger partial charge in [0, 0.05) is 31.9 Å². The third kappa shape index (κ3) is 4.62. The van der Waals surface area contributed by atoms with Gasteiger partial charge in [-0.2, -0.15) is 0 Å². The molecular weight excluding hydrogens is 304 g/mol. The molecule has 2 heterocycles. The molecule has 1 aromatic heterocycles. The minimum atomic E-state index is -3.34. The molecule has 3 N–H and O–H groups in total. The second-order valence-corrected chi connectivity index (χ2v) is 7.60. The van der Waals surface area contributed by atoms with Crippen molar-refractivity contribution >= 4 is 15.8 Å². The van der Waals surface area contributed by atoms with Crippen LogP contribution in [-0.2, 0) is 9.84 Å². The molecule has 1 unspecified atom stereocenters. The lowest BCUT2D eigenvalue weighted by molar-refractivity contribution is 0.286. The van der Waals surface area contributed by atoms with Gasteiger partial charge >= 0.3 is 0 Å². The van der Waals surface area contributed by atoms with E-state index in [2.05, 4.69) is 20.6 Å².